The summed E-state index contributed by atoms with van der Waals surface area (Å²) in [5.41, 5.74) is 12.7. The Morgan fingerprint density at radius 3 is 2.88 bits per heavy atom. The largest absolute Gasteiger partial charge is 0.492 e. The van der Waals surface area contributed by atoms with Crippen LogP contribution < -0.4 is 16.2 Å². The normalized spacial score (nSPS) is 10.1. The maximum atomic E-state index is 5.70. The third-order valence-corrected chi connectivity index (χ3v) is 1.95. The van der Waals surface area contributed by atoms with Crippen LogP contribution in [0.15, 0.2) is 30.9 Å². The van der Waals surface area contributed by atoms with E-state index in [0.29, 0.717) is 32.1 Å². The first-order chi connectivity index (χ1) is 7.77. The third-order valence-electron chi connectivity index (χ3n) is 1.95. The van der Waals surface area contributed by atoms with E-state index in [9.17, 15) is 0 Å². The van der Waals surface area contributed by atoms with E-state index >= 15 is 0 Å². The second-order valence-electron chi connectivity index (χ2n) is 3.31. The molecule has 0 unspecified atom stereocenters. The zero-order valence-corrected chi connectivity index (χ0v) is 9.32. The van der Waals surface area contributed by atoms with E-state index in [1.165, 1.54) is 0 Å². The van der Waals surface area contributed by atoms with E-state index in [2.05, 4.69) is 6.58 Å². The standard InChI is InChI=1S/C12H18N2O2/c1-2-6-15-9-10-8-11(14)3-4-12(10)16-7-5-13/h2-4,8H,1,5-7,9,13-14H2. The summed E-state index contributed by atoms with van der Waals surface area (Å²) < 4.78 is 10.8. The van der Waals surface area contributed by atoms with Gasteiger partial charge in [-0.3, -0.25) is 0 Å². The van der Waals surface area contributed by atoms with Gasteiger partial charge in [0.15, 0.2) is 0 Å². The monoisotopic (exact) mass is 222 g/mol. The fraction of sp³-hybridized carbons (Fsp3) is 0.333. The molecular formula is C12H18N2O2. The van der Waals surface area contributed by atoms with E-state index in [1.54, 1.807) is 12.1 Å². The van der Waals surface area contributed by atoms with E-state index in [1.807, 2.05) is 12.1 Å². The second-order valence-corrected chi connectivity index (χ2v) is 3.31. The van der Waals surface area contributed by atoms with Crippen molar-refractivity contribution >= 4 is 5.69 Å². The van der Waals surface area contributed by atoms with E-state index in [-0.39, 0.29) is 0 Å². The molecule has 0 spiro atoms. The maximum Gasteiger partial charge on any atom is 0.125 e. The average Bonchev–Trinajstić information content (AvgIpc) is 2.28. The Bertz CT molecular complexity index is 340. The molecule has 4 heteroatoms. The van der Waals surface area contributed by atoms with Gasteiger partial charge in [0, 0.05) is 17.8 Å². The van der Waals surface area contributed by atoms with Gasteiger partial charge in [-0.05, 0) is 18.2 Å². The second kappa shape index (κ2) is 6.87. The molecule has 0 aliphatic rings. The smallest absolute Gasteiger partial charge is 0.125 e. The van der Waals surface area contributed by atoms with Crippen LogP contribution in [0.2, 0.25) is 0 Å². The molecule has 16 heavy (non-hydrogen) atoms. The van der Waals surface area contributed by atoms with Crippen molar-refractivity contribution in [2.24, 2.45) is 5.73 Å². The summed E-state index contributed by atoms with van der Waals surface area (Å²) in [6.45, 7) is 5.51. The Labute approximate surface area is 95.8 Å². The van der Waals surface area contributed by atoms with Gasteiger partial charge in [0.2, 0.25) is 0 Å². The van der Waals surface area contributed by atoms with Crippen LogP contribution in [0.3, 0.4) is 0 Å². The van der Waals surface area contributed by atoms with Gasteiger partial charge < -0.3 is 20.9 Å². The SMILES string of the molecule is C=CCOCc1cc(N)ccc1OCCN. The van der Waals surface area contributed by atoms with Crippen molar-refractivity contribution < 1.29 is 9.47 Å². The van der Waals surface area contributed by atoms with Gasteiger partial charge in [0.05, 0.1) is 13.2 Å². The van der Waals surface area contributed by atoms with Crippen molar-refractivity contribution in [3.63, 3.8) is 0 Å². The van der Waals surface area contributed by atoms with Crippen molar-refractivity contribution in [1.29, 1.82) is 0 Å². The third kappa shape index (κ3) is 3.92. The molecule has 4 N–H and O–H groups in total. The quantitative estimate of drug-likeness (QED) is 0.414. The molecule has 1 aromatic carbocycles. The molecule has 0 fully saturated rings. The molecule has 0 radical (unpaired) electrons. The van der Waals surface area contributed by atoms with Crippen LogP contribution in [0.4, 0.5) is 5.69 Å². The van der Waals surface area contributed by atoms with Crippen molar-refractivity contribution in [2.75, 3.05) is 25.5 Å². The molecule has 0 aliphatic carbocycles. The molecule has 1 aromatic rings. The number of benzene rings is 1. The fourth-order valence-corrected chi connectivity index (χ4v) is 1.27. The molecule has 0 bridgehead atoms. The topological polar surface area (TPSA) is 70.5 Å². The summed E-state index contributed by atoms with van der Waals surface area (Å²) in [6, 6.07) is 5.47. The first kappa shape index (κ1) is 12.5. The molecule has 88 valence electrons. The van der Waals surface area contributed by atoms with E-state index < -0.39 is 0 Å². The van der Waals surface area contributed by atoms with Gasteiger partial charge in [0.1, 0.15) is 12.4 Å². The highest BCUT2D eigenvalue weighted by Crippen LogP contribution is 2.22. The molecular weight excluding hydrogens is 204 g/mol. The summed E-state index contributed by atoms with van der Waals surface area (Å²) >= 11 is 0. The summed E-state index contributed by atoms with van der Waals surface area (Å²) in [6.07, 6.45) is 1.70. The zero-order valence-electron chi connectivity index (χ0n) is 9.32. The number of ether oxygens (including phenoxy) is 2. The summed E-state index contributed by atoms with van der Waals surface area (Å²) in [4.78, 5) is 0. The van der Waals surface area contributed by atoms with Crippen LogP contribution in [0.5, 0.6) is 5.75 Å². The molecule has 0 atom stereocenters. The Balaban J connectivity index is 2.68. The number of hydrogen-bond donors (Lipinski definition) is 2. The van der Waals surface area contributed by atoms with Gasteiger partial charge in [-0.25, -0.2) is 0 Å². The molecule has 0 aromatic heterocycles. The number of anilines is 1. The Morgan fingerprint density at radius 1 is 1.38 bits per heavy atom. The molecule has 0 aliphatic heterocycles. The number of rotatable bonds is 7. The molecule has 4 nitrogen and oxygen atoms in total. The van der Waals surface area contributed by atoms with Crippen LogP contribution in [-0.4, -0.2) is 19.8 Å². The van der Waals surface area contributed by atoms with Crippen LogP contribution in [-0.2, 0) is 11.3 Å². The fourth-order valence-electron chi connectivity index (χ4n) is 1.27. The summed E-state index contributed by atoms with van der Waals surface area (Å²) in [7, 11) is 0. The van der Waals surface area contributed by atoms with Crippen LogP contribution in [0.25, 0.3) is 0 Å². The highest BCUT2D eigenvalue weighted by molar-refractivity contribution is 5.47. The van der Waals surface area contributed by atoms with Crippen LogP contribution >= 0.6 is 0 Å². The first-order valence-corrected chi connectivity index (χ1v) is 5.18. The summed E-state index contributed by atoms with van der Waals surface area (Å²) in [5.74, 6) is 0.767. The minimum Gasteiger partial charge on any atom is -0.492 e. The van der Waals surface area contributed by atoms with Gasteiger partial charge in [-0.2, -0.15) is 0 Å². The number of nitrogen functional groups attached to an aromatic ring is 1. The Morgan fingerprint density at radius 2 is 2.19 bits per heavy atom. The van der Waals surface area contributed by atoms with E-state index in [4.69, 9.17) is 20.9 Å². The molecule has 0 heterocycles. The number of hydrogen-bond acceptors (Lipinski definition) is 4. The average molecular weight is 222 g/mol. The zero-order chi connectivity index (χ0) is 11.8. The maximum absolute atomic E-state index is 5.70. The molecule has 1 rings (SSSR count). The predicted molar refractivity (Wildman–Crippen MR) is 65.3 cm³/mol. The van der Waals surface area contributed by atoms with Crippen molar-refractivity contribution in [1.82, 2.24) is 0 Å². The lowest BCUT2D eigenvalue weighted by atomic mass is 10.2. The molecule has 0 saturated heterocycles. The highest BCUT2D eigenvalue weighted by Gasteiger charge is 2.04. The lowest BCUT2D eigenvalue weighted by molar-refractivity contribution is 0.145. The van der Waals surface area contributed by atoms with Crippen LogP contribution in [0, 0.1) is 0 Å². The molecule has 0 amide bonds. The van der Waals surface area contributed by atoms with E-state index in [0.717, 1.165) is 11.3 Å². The van der Waals surface area contributed by atoms with Crippen molar-refractivity contribution in [3.8, 4) is 5.75 Å². The van der Waals surface area contributed by atoms with Gasteiger partial charge >= 0.3 is 0 Å². The van der Waals surface area contributed by atoms with Gasteiger partial charge in [-0.1, -0.05) is 6.08 Å². The van der Waals surface area contributed by atoms with Crippen LogP contribution in [0.1, 0.15) is 5.56 Å². The minimum atomic E-state index is 0.455. The Hall–Kier alpha value is -1.52. The van der Waals surface area contributed by atoms with Gasteiger partial charge in [0.25, 0.3) is 0 Å². The lowest BCUT2D eigenvalue weighted by Crippen LogP contribution is -2.12. The lowest BCUT2D eigenvalue weighted by Gasteiger charge is -2.11. The number of nitrogens with two attached hydrogens (primary N) is 2. The van der Waals surface area contributed by atoms with Gasteiger partial charge in [-0.15, -0.1) is 6.58 Å². The van der Waals surface area contributed by atoms with Crippen molar-refractivity contribution in [2.45, 2.75) is 6.61 Å². The highest BCUT2D eigenvalue weighted by atomic mass is 16.5. The molecule has 0 saturated carbocycles. The summed E-state index contributed by atoms with van der Waals surface area (Å²) in [5, 5.41) is 0. The Kier molecular flexibility index (Phi) is 5.39. The first-order valence-electron chi connectivity index (χ1n) is 5.18. The minimum absolute atomic E-state index is 0.455. The predicted octanol–water partition coefficient (Wildman–Crippen LogP) is 1.31. The van der Waals surface area contributed by atoms with Crippen molar-refractivity contribution in [3.05, 3.63) is 36.4 Å².